The van der Waals surface area contributed by atoms with Gasteiger partial charge in [-0.1, -0.05) is 53.8 Å². The van der Waals surface area contributed by atoms with E-state index in [1.54, 1.807) is 17.6 Å². The molecule has 0 radical (unpaired) electrons. The maximum absolute atomic E-state index is 4.45. The Morgan fingerprint density at radius 3 is 2.67 bits per heavy atom. The van der Waals surface area contributed by atoms with Crippen molar-refractivity contribution in [3.8, 4) is 0 Å². The smallest absolute Gasteiger partial charge is 0.204 e. The van der Waals surface area contributed by atoms with Gasteiger partial charge in [0.05, 0.1) is 16.4 Å². The molecule has 0 fully saturated rings. The molecule has 3 rings (SSSR count). The second kappa shape index (κ2) is 6.65. The first-order chi connectivity index (χ1) is 10.3. The minimum absolute atomic E-state index is 0.785. The Morgan fingerprint density at radius 2 is 1.86 bits per heavy atom. The first-order valence-corrected chi connectivity index (χ1v) is 7.99. The molecule has 1 heterocycles. The number of hydrazone groups is 1. The van der Waals surface area contributed by atoms with Crippen molar-refractivity contribution >= 4 is 54.9 Å². The van der Waals surface area contributed by atoms with Crippen molar-refractivity contribution in [1.29, 1.82) is 0 Å². The maximum atomic E-state index is 4.45. The molecule has 2 aromatic carbocycles. The van der Waals surface area contributed by atoms with Crippen molar-refractivity contribution in [2.45, 2.75) is 0 Å². The molecule has 3 nitrogen and oxygen atoms in total. The number of thiazole rings is 1. The van der Waals surface area contributed by atoms with Gasteiger partial charge in [-0.2, -0.15) is 5.10 Å². The second-order valence-electron chi connectivity index (χ2n) is 4.30. The number of aromatic nitrogens is 1. The molecule has 0 aliphatic carbocycles. The van der Waals surface area contributed by atoms with Gasteiger partial charge in [-0.25, -0.2) is 4.98 Å². The summed E-state index contributed by atoms with van der Waals surface area (Å²) in [5.74, 6) is 0. The second-order valence-corrected chi connectivity index (χ2v) is 6.24. The van der Waals surface area contributed by atoms with Crippen LogP contribution < -0.4 is 5.43 Å². The lowest BCUT2D eigenvalue weighted by Crippen LogP contribution is -1.88. The Balaban J connectivity index is 1.67. The zero-order chi connectivity index (χ0) is 14.5. The molecule has 5 heteroatoms. The number of anilines is 1. The van der Waals surface area contributed by atoms with Crippen LogP contribution in [-0.2, 0) is 0 Å². The van der Waals surface area contributed by atoms with E-state index in [9.17, 15) is 0 Å². The molecule has 1 aromatic heterocycles. The largest absolute Gasteiger partial charge is 0.253 e. The molecule has 1 N–H and O–H groups in total. The van der Waals surface area contributed by atoms with Gasteiger partial charge in [0, 0.05) is 4.48 Å². The quantitative estimate of drug-likeness (QED) is 0.519. The fourth-order valence-corrected chi connectivity index (χ4v) is 3.00. The average molecular weight is 358 g/mol. The van der Waals surface area contributed by atoms with Crippen molar-refractivity contribution in [3.63, 3.8) is 0 Å². The normalized spacial score (nSPS) is 12.1. The van der Waals surface area contributed by atoms with Gasteiger partial charge in [-0.05, 0) is 39.7 Å². The van der Waals surface area contributed by atoms with Crippen LogP contribution >= 0.6 is 27.3 Å². The Labute approximate surface area is 135 Å². The summed E-state index contributed by atoms with van der Waals surface area (Å²) in [6, 6.07) is 18.1. The van der Waals surface area contributed by atoms with Gasteiger partial charge in [0.2, 0.25) is 5.13 Å². The van der Waals surface area contributed by atoms with Crippen LogP contribution in [0.25, 0.3) is 16.3 Å². The van der Waals surface area contributed by atoms with Gasteiger partial charge in [0.1, 0.15) is 0 Å². The molecule has 0 aliphatic rings. The van der Waals surface area contributed by atoms with E-state index in [4.69, 9.17) is 0 Å². The van der Waals surface area contributed by atoms with E-state index in [-0.39, 0.29) is 0 Å². The van der Waals surface area contributed by atoms with Crippen molar-refractivity contribution < 1.29 is 0 Å². The predicted molar refractivity (Wildman–Crippen MR) is 95.1 cm³/mol. The van der Waals surface area contributed by atoms with Crippen LogP contribution in [0.15, 0.2) is 64.2 Å². The molecular weight excluding hydrogens is 346 g/mol. The van der Waals surface area contributed by atoms with E-state index in [2.05, 4.69) is 31.4 Å². The molecule has 21 heavy (non-hydrogen) atoms. The fraction of sp³-hybridized carbons (Fsp3) is 0. The summed E-state index contributed by atoms with van der Waals surface area (Å²) >= 11 is 5.06. The van der Waals surface area contributed by atoms with Crippen LogP contribution in [-0.4, -0.2) is 11.2 Å². The summed E-state index contributed by atoms with van der Waals surface area (Å²) in [7, 11) is 0. The van der Waals surface area contributed by atoms with Gasteiger partial charge in [-0.3, -0.25) is 5.43 Å². The monoisotopic (exact) mass is 357 g/mol. The molecule has 0 amide bonds. The Bertz CT molecular complexity index is 760. The number of hydrogen-bond acceptors (Lipinski definition) is 4. The van der Waals surface area contributed by atoms with Crippen LogP contribution in [0.5, 0.6) is 0 Å². The summed E-state index contributed by atoms with van der Waals surface area (Å²) in [5, 5.41) is 4.98. The minimum Gasteiger partial charge on any atom is -0.253 e. The highest BCUT2D eigenvalue weighted by atomic mass is 79.9. The van der Waals surface area contributed by atoms with Crippen molar-refractivity contribution in [1.82, 2.24) is 4.98 Å². The van der Waals surface area contributed by atoms with Gasteiger partial charge in [0.15, 0.2) is 0 Å². The van der Waals surface area contributed by atoms with E-state index >= 15 is 0 Å². The standard InChI is InChI=1S/C16H12BrN3S/c17-13(10-12-6-2-1-3-7-12)11-18-20-16-19-14-8-4-5-9-15(14)21-16/h1-11H,(H,19,20)/b13-10-,18-11-. The molecular formula is C16H12BrN3S. The number of fused-ring (bicyclic) bond motifs is 1. The number of rotatable bonds is 4. The highest BCUT2D eigenvalue weighted by Crippen LogP contribution is 2.25. The topological polar surface area (TPSA) is 37.3 Å². The summed E-state index contributed by atoms with van der Waals surface area (Å²) in [4.78, 5) is 4.45. The van der Waals surface area contributed by atoms with Crippen LogP contribution in [0, 0.1) is 0 Å². The molecule has 104 valence electrons. The third kappa shape index (κ3) is 3.77. The number of allylic oxidation sites excluding steroid dienone is 1. The molecule has 3 aromatic rings. The van der Waals surface area contributed by atoms with Crippen LogP contribution in [0.2, 0.25) is 0 Å². The number of nitrogens with zero attached hydrogens (tertiary/aromatic N) is 2. The predicted octanol–water partition coefficient (Wildman–Crippen LogP) is 5.13. The Morgan fingerprint density at radius 1 is 1.10 bits per heavy atom. The van der Waals surface area contributed by atoms with Crippen molar-refractivity contribution in [2.75, 3.05) is 5.43 Å². The molecule has 0 bridgehead atoms. The van der Waals surface area contributed by atoms with Crippen LogP contribution in [0.1, 0.15) is 5.56 Å². The lowest BCUT2D eigenvalue weighted by Gasteiger charge is -1.94. The zero-order valence-electron chi connectivity index (χ0n) is 11.0. The SMILES string of the molecule is BrC(/C=N\Nc1nc2ccccc2s1)=C\c1ccccc1. The molecule has 0 aliphatic heterocycles. The summed E-state index contributed by atoms with van der Waals surface area (Å²) in [5.41, 5.74) is 5.06. The van der Waals surface area contributed by atoms with E-state index in [1.807, 2.05) is 60.7 Å². The first-order valence-electron chi connectivity index (χ1n) is 6.38. The summed E-state index contributed by atoms with van der Waals surface area (Å²) in [6.45, 7) is 0. The molecule has 0 saturated heterocycles. The van der Waals surface area contributed by atoms with Crippen molar-refractivity contribution in [2.24, 2.45) is 5.10 Å². The molecule has 0 spiro atoms. The van der Waals surface area contributed by atoms with Gasteiger partial charge in [-0.15, -0.1) is 0 Å². The van der Waals surface area contributed by atoms with E-state index in [0.29, 0.717) is 0 Å². The van der Waals surface area contributed by atoms with Gasteiger partial charge in [0.25, 0.3) is 0 Å². The average Bonchev–Trinajstić information content (AvgIpc) is 2.91. The number of halogens is 1. The first kappa shape index (κ1) is 14.0. The van der Waals surface area contributed by atoms with Crippen LogP contribution in [0.3, 0.4) is 0 Å². The highest BCUT2D eigenvalue weighted by Gasteiger charge is 2.00. The van der Waals surface area contributed by atoms with Gasteiger partial charge >= 0.3 is 0 Å². The summed E-state index contributed by atoms with van der Waals surface area (Å²) in [6.07, 6.45) is 3.72. The lowest BCUT2D eigenvalue weighted by molar-refractivity contribution is 1.31. The Hall–Kier alpha value is -1.98. The van der Waals surface area contributed by atoms with Crippen LogP contribution in [0.4, 0.5) is 5.13 Å². The fourth-order valence-electron chi connectivity index (χ4n) is 1.81. The molecule has 0 atom stereocenters. The molecule has 0 saturated carbocycles. The third-order valence-corrected chi connectivity index (χ3v) is 4.12. The van der Waals surface area contributed by atoms with E-state index in [1.165, 1.54) is 0 Å². The highest BCUT2D eigenvalue weighted by molar-refractivity contribution is 9.12. The molecule has 0 unspecified atom stereocenters. The minimum atomic E-state index is 0.785. The maximum Gasteiger partial charge on any atom is 0.204 e. The lowest BCUT2D eigenvalue weighted by atomic mass is 10.2. The number of hydrogen-bond donors (Lipinski definition) is 1. The Kier molecular flexibility index (Phi) is 4.43. The number of benzene rings is 2. The number of nitrogens with one attached hydrogen (secondary N) is 1. The van der Waals surface area contributed by atoms with Gasteiger partial charge < -0.3 is 0 Å². The summed E-state index contributed by atoms with van der Waals surface area (Å²) < 4.78 is 2.04. The van der Waals surface area contributed by atoms with E-state index < -0.39 is 0 Å². The number of para-hydroxylation sites is 1. The zero-order valence-corrected chi connectivity index (χ0v) is 13.4. The third-order valence-electron chi connectivity index (χ3n) is 2.75. The van der Waals surface area contributed by atoms with E-state index in [0.717, 1.165) is 25.4 Å². The van der Waals surface area contributed by atoms with Crippen molar-refractivity contribution in [3.05, 3.63) is 64.6 Å².